The molecule has 0 aliphatic carbocycles. The molecule has 4 aliphatic heterocycles. The Morgan fingerprint density at radius 3 is 1.80 bits per heavy atom. The lowest BCUT2D eigenvalue weighted by molar-refractivity contribution is -0.142. The summed E-state index contributed by atoms with van der Waals surface area (Å²) in [6.07, 6.45) is -0.576. The standard InChI is InChI=1S/C58H76F4N12O9/c1-56(2,3)47(66-51(77)48(57(4,5)6)67-54(79)81-10)50(76)65-44(20-34-15-12-33(13-16-34)14-17-35-24-63-53(64-25-35)71-26-37-23-38(27-71)74(37)39-31-83-32-39)45(75)29-73(70-52(78)49(58(7,8)9)68-55(80)82-11)28-40-41(59)21-36(22-42(40)60)43-18-19-72(69-43)30-46(61)62/h12-13,15-16,18-19,21-22,24-25,37-39,44-49,75H,20,23,26-32H2,1-11H3,(H,65,76)(H,66,77)(H,67,79)(H,68,80)(H,70,78)/t37?,38?,44-,45-,47+,48+,49+/m0/s1. The molecule has 4 aromatic rings. The van der Waals surface area contributed by atoms with Crippen LogP contribution in [-0.4, -0.2) is 167 Å². The van der Waals surface area contributed by atoms with Crippen LogP contribution < -0.4 is 31.6 Å². The number of aliphatic hydroxyl groups is 1. The number of hydrazine groups is 1. The van der Waals surface area contributed by atoms with E-state index in [0.717, 1.165) is 68.8 Å². The molecule has 0 saturated carbocycles. The predicted octanol–water partition coefficient (Wildman–Crippen LogP) is 4.94. The highest BCUT2D eigenvalue weighted by Gasteiger charge is 2.50. The Morgan fingerprint density at radius 1 is 0.747 bits per heavy atom. The van der Waals surface area contributed by atoms with E-state index < -0.39 is 120 Å². The molecule has 450 valence electrons. The number of nitrogens with one attached hydrogen (secondary N) is 5. The molecule has 0 spiro atoms. The first-order valence-electron chi connectivity index (χ1n) is 27.4. The minimum Gasteiger partial charge on any atom is -0.453 e. The molecular formula is C58H76F4N12O9. The van der Waals surface area contributed by atoms with Gasteiger partial charge in [-0.25, -0.2) is 42.1 Å². The number of ether oxygens (including phenoxy) is 3. The molecule has 5 amide bonds. The summed E-state index contributed by atoms with van der Waals surface area (Å²) in [6.45, 7) is 16.3. The number of rotatable bonds is 20. The second kappa shape index (κ2) is 26.5. The molecule has 6 heterocycles. The summed E-state index contributed by atoms with van der Waals surface area (Å²) in [5.41, 5.74) is 0.904. The van der Waals surface area contributed by atoms with Gasteiger partial charge in [0.15, 0.2) is 0 Å². The van der Waals surface area contributed by atoms with Crippen LogP contribution in [0, 0.1) is 39.7 Å². The van der Waals surface area contributed by atoms with Gasteiger partial charge in [0, 0.05) is 73.5 Å². The van der Waals surface area contributed by atoms with E-state index in [1.165, 1.54) is 12.3 Å². The largest absolute Gasteiger partial charge is 0.453 e. The third-order valence-corrected chi connectivity index (χ3v) is 14.8. The van der Waals surface area contributed by atoms with Crippen molar-refractivity contribution in [2.75, 3.05) is 52.0 Å². The van der Waals surface area contributed by atoms with E-state index >= 15 is 8.78 Å². The highest BCUT2D eigenvalue weighted by Crippen LogP contribution is 2.37. The zero-order valence-electron chi connectivity index (χ0n) is 48.7. The van der Waals surface area contributed by atoms with Gasteiger partial charge in [-0.05, 0) is 65.0 Å². The summed E-state index contributed by atoms with van der Waals surface area (Å²) in [4.78, 5) is 82.0. The van der Waals surface area contributed by atoms with E-state index in [9.17, 15) is 37.9 Å². The summed E-state index contributed by atoms with van der Waals surface area (Å²) in [5.74, 6) is 2.31. The number of hydrogen-bond acceptors (Lipinski definition) is 15. The van der Waals surface area contributed by atoms with Gasteiger partial charge in [-0.1, -0.05) is 86.3 Å². The molecule has 21 nitrogen and oxygen atoms in total. The molecule has 2 bridgehead atoms. The molecule has 4 aliphatic rings. The Balaban J connectivity index is 1.17. The van der Waals surface area contributed by atoms with Gasteiger partial charge in [0.2, 0.25) is 17.8 Å². The topological polar surface area (TPSA) is 247 Å². The van der Waals surface area contributed by atoms with Gasteiger partial charge in [0.1, 0.15) is 36.3 Å². The van der Waals surface area contributed by atoms with E-state index in [-0.39, 0.29) is 17.7 Å². The first-order valence-corrected chi connectivity index (χ1v) is 27.4. The maximum atomic E-state index is 16.3. The molecule has 7 atom stereocenters. The number of amides is 5. The van der Waals surface area contributed by atoms with Crippen LogP contribution in [0.3, 0.4) is 0 Å². The van der Waals surface area contributed by atoms with Crippen LogP contribution >= 0.6 is 0 Å². The summed E-state index contributed by atoms with van der Waals surface area (Å²) in [6, 6.07) is 6.52. The zero-order valence-corrected chi connectivity index (χ0v) is 48.7. The molecule has 2 aromatic carbocycles. The molecule has 4 fully saturated rings. The van der Waals surface area contributed by atoms with Crippen molar-refractivity contribution in [2.45, 2.75) is 143 Å². The van der Waals surface area contributed by atoms with Crippen molar-refractivity contribution in [3.05, 3.63) is 94.9 Å². The number of methoxy groups -OCH3 is 2. The van der Waals surface area contributed by atoms with Crippen molar-refractivity contribution < 1.29 is 60.9 Å². The fraction of sp³-hybridized carbons (Fsp3) is 0.552. The lowest BCUT2D eigenvalue weighted by atomic mass is 9.83. The number of benzene rings is 2. The quantitative estimate of drug-likeness (QED) is 0.0390. The lowest BCUT2D eigenvalue weighted by Gasteiger charge is -2.60. The molecule has 83 heavy (non-hydrogen) atoms. The van der Waals surface area contributed by atoms with E-state index in [0.29, 0.717) is 40.8 Å². The molecule has 25 heteroatoms. The van der Waals surface area contributed by atoms with Crippen molar-refractivity contribution in [3.8, 4) is 23.1 Å². The number of carbonyl (C=O) groups is 5. The van der Waals surface area contributed by atoms with E-state index in [1.54, 1.807) is 99.0 Å². The number of aliphatic hydroxyl groups excluding tert-OH is 1. The smallest absolute Gasteiger partial charge is 0.407 e. The second-order valence-electron chi connectivity index (χ2n) is 24.5. The van der Waals surface area contributed by atoms with Crippen molar-refractivity contribution >= 4 is 35.9 Å². The summed E-state index contributed by atoms with van der Waals surface area (Å²) in [5, 5.41) is 28.2. The molecular weight excluding hydrogens is 1080 g/mol. The highest BCUT2D eigenvalue weighted by molar-refractivity contribution is 5.92. The molecule has 0 radical (unpaired) electrons. The Bertz CT molecular complexity index is 2970. The fourth-order valence-corrected chi connectivity index (χ4v) is 10.2. The number of fused-ring (bicyclic) bond motifs is 2. The van der Waals surface area contributed by atoms with Crippen LogP contribution in [0.1, 0.15) is 91.0 Å². The molecule has 2 unspecified atom stereocenters. The number of piperazine rings is 1. The minimum atomic E-state index is -2.74. The summed E-state index contributed by atoms with van der Waals surface area (Å²) < 4.78 is 74.7. The average Bonchev–Trinajstić information content (AvgIpc) is 1.87. The van der Waals surface area contributed by atoms with Crippen LogP contribution in [0.4, 0.5) is 33.1 Å². The molecule has 2 aromatic heterocycles. The monoisotopic (exact) mass is 1160 g/mol. The number of nitrogens with zero attached hydrogens (tertiary/aromatic N) is 7. The Hall–Kier alpha value is -7.40. The van der Waals surface area contributed by atoms with Crippen LogP contribution in [-0.2, 0) is 48.1 Å². The van der Waals surface area contributed by atoms with E-state index in [1.807, 2.05) is 0 Å². The number of alkyl halides is 2. The Morgan fingerprint density at radius 2 is 1.28 bits per heavy atom. The lowest BCUT2D eigenvalue weighted by Crippen LogP contribution is -2.74. The number of carbonyl (C=O) groups excluding carboxylic acids is 5. The maximum absolute atomic E-state index is 16.3. The summed E-state index contributed by atoms with van der Waals surface area (Å²) >= 11 is 0. The first-order chi connectivity index (χ1) is 39.0. The van der Waals surface area contributed by atoms with E-state index in [4.69, 9.17) is 14.2 Å². The molecule has 8 rings (SSSR count). The fourth-order valence-electron chi connectivity index (χ4n) is 10.2. The number of alkyl carbamates (subject to hydrolysis) is 2. The number of hydrogen-bond donors (Lipinski definition) is 6. The van der Waals surface area contributed by atoms with Crippen molar-refractivity contribution in [1.82, 2.24) is 56.4 Å². The van der Waals surface area contributed by atoms with Gasteiger partial charge < -0.3 is 45.5 Å². The van der Waals surface area contributed by atoms with Crippen LogP contribution in [0.5, 0.6) is 0 Å². The Kier molecular flexibility index (Phi) is 20.1. The SMILES string of the molecule is COC(=O)N[C@H](C(=O)N[C@H](C(=O)N[C@@H](Cc1ccc(C#Cc2cnc(N3CC4CC(C3)N4C3COC3)nc2)cc1)[C@@H](O)CN(Cc1c(F)cc(-c2ccn(CC(F)F)n2)cc1F)NC(=O)[C@@H](NC(=O)OC)C(C)(C)C)C(C)(C)C)C(C)(C)C. The number of piperidine rings is 1. The van der Waals surface area contributed by atoms with Gasteiger partial charge in [-0.3, -0.25) is 29.4 Å². The highest BCUT2D eigenvalue weighted by atomic mass is 19.3. The number of anilines is 1. The third kappa shape index (κ3) is 16.5. The predicted molar refractivity (Wildman–Crippen MR) is 298 cm³/mol. The van der Waals surface area contributed by atoms with Gasteiger partial charge >= 0.3 is 12.2 Å². The van der Waals surface area contributed by atoms with Gasteiger partial charge in [0.25, 0.3) is 12.3 Å². The molecule has 6 N–H and O–H groups in total. The zero-order chi connectivity index (χ0) is 60.7. The number of aromatic nitrogens is 4. The maximum Gasteiger partial charge on any atom is 0.407 e. The normalized spacial score (nSPS) is 18.3. The van der Waals surface area contributed by atoms with Gasteiger partial charge in [0.05, 0.1) is 56.9 Å². The van der Waals surface area contributed by atoms with Crippen LogP contribution in [0.25, 0.3) is 11.3 Å². The van der Waals surface area contributed by atoms with Gasteiger partial charge in [-0.15, -0.1) is 0 Å². The van der Waals surface area contributed by atoms with Crippen LogP contribution in [0.15, 0.2) is 61.1 Å². The van der Waals surface area contributed by atoms with Crippen molar-refractivity contribution in [1.29, 1.82) is 0 Å². The van der Waals surface area contributed by atoms with Crippen LogP contribution in [0.2, 0.25) is 0 Å². The van der Waals surface area contributed by atoms with Crippen molar-refractivity contribution in [3.63, 3.8) is 0 Å². The average molecular weight is 1160 g/mol. The second-order valence-corrected chi connectivity index (χ2v) is 24.5. The number of halogens is 4. The minimum absolute atomic E-state index is 0.00515. The third-order valence-electron chi connectivity index (χ3n) is 14.8. The Labute approximate surface area is 480 Å². The first kappa shape index (κ1) is 63.2. The summed E-state index contributed by atoms with van der Waals surface area (Å²) in [7, 11) is 2.25. The van der Waals surface area contributed by atoms with Gasteiger partial charge in [-0.2, -0.15) is 5.10 Å². The van der Waals surface area contributed by atoms with E-state index in [2.05, 4.69) is 63.4 Å². The molecule has 4 saturated heterocycles. The van der Waals surface area contributed by atoms with Crippen molar-refractivity contribution in [2.24, 2.45) is 16.2 Å².